The Morgan fingerprint density at radius 1 is 1.33 bits per heavy atom. The van der Waals surface area contributed by atoms with Crippen LogP contribution in [0.25, 0.3) is 0 Å². The van der Waals surface area contributed by atoms with Crippen molar-refractivity contribution in [2.45, 2.75) is 24.6 Å². The van der Waals surface area contributed by atoms with E-state index >= 15 is 0 Å². The molecule has 0 amide bonds. The van der Waals surface area contributed by atoms with Crippen LogP contribution in [0.2, 0.25) is 0 Å². The van der Waals surface area contributed by atoms with Crippen molar-refractivity contribution in [2.24, 2.45) is 5.92 Å². The summed E-state index contributed by atoms with van der Waals surface area (Å²) in [5, 5.41) is 17.2. The Morgan fingerprint density at radius 2 is 1.67 bits per heavy atom. The topological polar surface area (TPSA) is 74.6 Å². The third kappa shape index (κ3) is 2.48. The first-order valence-electron chi connectivity index (χ1n) is 3.46. The number of alkyl halides is 1. The minimum atomic E-state index is -1.83. The monoisotopic (exact) mass is 238 g/mol. The van der Waals surface area contributed by atoms with Crippen LogP contribution in [0.4, 0.5) is 0 Å². The summed E-state index contributed by atoms with van der Waals surface area (Å²) in [5.74, 6) is -2.70. The molecule has 0 aliphatic heterocycles. The molecule has 0 saturated heterocycles. The van der Waals surface area contributed by atoms with E-state index in [4.69, 9.17) is 10.2 Å². The van der Waals surface area contributed by atoms with E-state index in [1.54, 1.807) is 13.8 Å². The molecule has 0 radical (unpaired) electrons. The van der Waals surface area contributed by atoms with Crippen LogP contribution in [-0.4, -0.2) is 26.5 Å². The van der Waals surface area contributed by atoms with Gasteiger partial charge in [-0.15, -0.1) is 0 Å². The highest BCUT2D eigenvalue weighted by Crippen LogP contribution is 2.27. The number of carboxylic acid groups (broad SMARTS) is 2. The van der Waals surface area contributed by atoms with Crippen LogP contribution in [0, 0.1) is 5.92 Å². The second-order valence-electron chi connectivity index (χ2n) is 3.01. The third-order valence-corrected chi connectivity index (χ3v) is 2.37. The lowest BCUT2D eigenvalue weighted by atomic mass is 9.97. The van der Waals surface area contributed by atoms with Crippen molar-refractivity contribution in [3.63, 3.8) is 0 Å². The van der Waals surface area contributed by atoms with Gasteiger partial charge in [0.05, 0.1) is 0 Å². The molecule has 12 heavy (non-hydrogen) atoms. The summed E-state index contributed by atoms with van der Waals surface area (Å²) in [5.41, 5.74) is 0. The molecule has 0 aromatic rings. The van der Waals surface area contributed by atoms with Gasteiger partial charge in [-0.2, -0.15) is 0 Å². The summed E-state index contributed by atoms with van der Waals surface area (Å²) in [6.45, 7) is 3.53. The molecule has 0 heterocycles. The zero-order valence-corrected chi connectivity index (χ0v) is 8.46. The zero-order valence-electron chi connectivity index (χ0n) is 6.87. The molecule has 0 spiro atoms. The van der Waals surface area contributed by atoms with E-state index in [0.29, 0.717) is 0 Å². The number of rotatable bonds is 4. The maximum atomic E-state index is 10.6. The summed E-state index contributed by atoms with van der Waals surface area (Å²) in [7, 11) is 0. The van der Waals surface area contributed by atoms with Crippen molar-refractivity contribution in [1.82, 2.24) is 0 Å². The molecule has 0 rings (SSSR count). The Labute approximate surface area is 78.7 Å². The quantitative estimate of drug-likeness (QED) is 0.573. The predicted molar refractivity (Wildman–Crippen MR) is 46.4 cm³/mol. The van der Waals surface area contributed by atoms with Gasteiger partial charge in [-0.25, -0.2) is 0 Å². The van der Waals surface area contributed by atoms with E-state index in [-0.39, 0.29) is 12.3 Å². The lowest BCUT2D eigenvalue weighted by molar-refractivity contribution is -0.152. The number of halogens is 1. The van der Waals surface area contributed by atoms with Crippen molar-refractivity contribution in [3.8, 4) is 0 Å². The molecular formula is C7H11BrO4. The Balaban J connectivity index is 4.63. The molecule has 4 nitrogen and oxygen atoms in total. The van der Waals surface area contributed by atoms with Gasteiger partial charge in [0.1, 0.15) is 0 Å². The minimum absolute atomic E-state index is 0.0107. The van der Waals surface area contributed by atoms with E-state index in [9.17, 15) is 9.59 Å². The van der Waals surface area contributed by atoms with E-state index in [0.717, 1.165) is 0 Å². The van der Waals surface area contributed by atoms with Crippen LogP contribution in [0.3, 0.4) is 0 Å². The van der Waals surface area contributed by atoms with Crippen LogP contribution in [-0.2, 0) is 9.59 Å². The van der Waals surface area contributed by atoms with Crippen LogP contribution in [0.1, 0.15) is 20.3 Å². The minimum Gasteiger partial charge on any atom is -0.480 e. The molecule has 2 N–H and O–H groups in total. The Bertz CT molecular complexity index is 186. The largest absolute Gasteiger partial charge is 0.480 e. The highest BCUT2D eigenvalue weighted by atomic mass is 79.9. The summed E-state index contributed by atoms with van der Waals surface area (Å²) in [6.07, 6.45) is 0.0671. The van der Waals surface area contributed by atoms with Crippen LogP contribution >= 0.6 is 15.9 Å². The molecule has 0 aromatic carbocycles. The molecular weight excluding hydrogens is 228 g/mol. The highest BCUT2D eigenvalue weighted by Gasteiger charge is 2.44. The maximum Gasteiger partial charge on any atom is 0.332 e. The van der Waals surface area contributed by atoms with Gasteiger partial charge in [-0.3, -0.25) is 9.59 Å². The van der Waals surface area contributed by atoms with Gasteiger partial charge in [0.15, 0.2) is 0 Å². The van der Waals surface area contributed by atoms with Gasteiger partial charge >= 0.3 is 11.9 Å². The first-order valence-corrected chi connectivity index (χ1v) is 4.25. The fraction of sp³-hybridized carbons (Fsp3) is 0.714. The normalized spacial score (nSPS) is 11.7. The maximum absolute atomic E-state index is 10.6. The summed E-state index contributed by atoms with van der Waals surface area (Å²) < 4.78 is -1.83. The van der Waals surface area contributed by atoms with E-state index < -0.39 is 16.3 Å². The standard InChI is InChI=1S/C7H11BrO4/c1-4(2)3-7(8,5(9)10)6(11)12/h4H,3H2,1-2H3,(H,9,10)(H,11,12). The van der Waals surface area contributed by atoms with Gasteiger partial charge < -0.3 is 10.2 Å². The molecule has 5 heteroatoms. The summed E-state index contributed by atoms with van der Waals surface area (Å²) in [6, 6.07) is 0. The van der Waals surface area contributed by atoms with Crippen LogP contribution < -0.4 is 0 Å². The van der Waals surface area contributed by atoms with E-state index in [1.165, 1.54) is 0 Å². The van der Waals surface area contributed by atoms with Crippen molar-refractivity contribution >= 4 is 27.9 Å². The zero-order chi connectivity index (χ0) is 9.94. The third-order valence-electron chi connectivity index (χ3n) is 1.37. The smallest absolute Gasteiger partial charge is 0.332 e. The molecule has 0 bridgehead atoms. The molecule has 0 fully saturated rings. The van der Waals surface area contributed by atoms with Gasteiger partial charge in [-0.05, 0) is 12.3 Å². The van der Waals surface area contributed by atoms with Crippen molar-refractivity contribution in [2.75, 3.05) is 0 Å². The highest BCUT2D eigenvalue weighted by molar-refractivity contribution is 9.10. The molecule has 70 valence electrons. The van der Waals surface area contributed by atoms with Gasteiger partial charge in [0.25, 0.3) is 0 Å². The fourth-order valence-corrected chi connectivity index (χ4v) is 1.48. The average molecular weight is 239 g/mol. The van der Waals surface area contributed by atoms with Gasteiger partial charge in [-0.1, -0.05) is 29.8 Å². The first-order chi connectivity index (χ1) is 5.30. The fourth-order valence-electron chi connectivity index (χ4n) is 0.829. The molecule has 0 saturated carbocycles. The molecule has 0 aromatic heterocycles. The molecule has 0 atom stereocenters. The second kappa shape index (κ2) is 3.89. The predicted octanol–water partition coefficient (Wildman–Crippen LogP) is 1.34. The lowest BCUT2D eigenvalue weighted by Gasteiger charge is -2.19. The first kappa shape index (κ1) is 11.4. The molecule has 0 unspecified atom stereocenters. The Kier molecular flexibility index (Phi) is 3.70. The van der Waals surface area contributed by atoms with Crippen molar-refractivity contribution in [1.29, 1.82) is 0 Å². The summed E-state index contributed by atoms with van der Waals surface area (Å²) >= 11 is 2.72. The summed E-state index contributed by atoms with van der Waals surface area (Å²) in [4.78, 5) is 21.1. The molecule has 0 aliphatic carbocycles. The SMILES string of the molecule is CC(C)CC(Br)(C(=O)O)C(=O)O. The van der Waals surface area contributed by atoms with Crippen molar-refractivity contribution in [3.05, 3.63) is 0 Å². The Hall–Kier alpha value is -0.580. The number of hydrogen-bond donors (Lipinski definition) is 2. The van der Waals surface area contributed by atoms with Crippen LogP contribution in [0.15, 0.2) is 0 Å². The van der Waals surface area contributed by atoms with Crippen molar-refractivity contribution < 1.29 is 19.8 Å². The number of aliphatic carboxylic acids is 2. The number of carbonyl (C=O) groups is 2. The van der Waals surface area contributed by atoms with Crippen LogP contribution in [0.5, 0.6) is 0 Å². The number of carboxylic acids is 2. The van der Waals surface area contributed by atoms with E-state index in [2.05, 4.69) is 15.9 Å². The number of hydrogen-bond acceptors (Lipinski definition) is 2. The Morgan fingerprint density at radius 3 is 1.75 bits per heavy atom. The van der Waals surface area contributed by atoms with Gasteiger partial charge in [0, 0.05) is 0 Å². The lowest BCUT2D eigenvalue weighted by Crippen LogP contribution is -2.41. The molecule has 0 aliphatic rings. The van der Waals surface area contributed by atoms with E-state index in [1.807, 2.05) is 0 Å². The second-order valence-corrected chi connectivity index (χ2v) is 4.36. The van der Waals surface area contributed by atoms with Gasteiger partial charge in [0.2, 0.25) is 4.32 Å². The average Bonchev–Trinajstić information content (AvgIpc) is 1.84.